The van der Waals surface area contributed by atoms with Crippen LogP contribution in [0, 0.1) is 0 Å². The Morgan fingerprint density at radius 2 is 1.71 bits per heavy atom. The normalized spacial score (nSPS) is 16.0. The number of ether oxygens (including phenoxy) is 4. The number of hydrogen-bond acceptors (Lipinski definition) is 6. The Labute approximate surface area is 164 Å². The molecule has 3 rings (SSSR count). The third-order valence-corrected chi connectivity index (χ3v) is 4.15. The Hall–Kier alpha value is -2.86. The fraction of sp³-hybridized carbons (Fsp3) is 0.364. The zero-order valence-electron chi connectivity index (χ0n) is 16.1. The van der Waals surface area contributed by atoms with Gasteiger partial charge in [-0.25, -0.2) is 9.59 Å². The van der Waals surface area contributed by atoms with Gasteiger partial charge in [0.1, 0.15) is 18.1 Å². The predicted octanol–water partition coefficient (Wildman–Crippen LogP) is 4.03. The van der Waals surface area contributed by atoms with Gasteiger partial charge in [0.15, 0.2) is 0 Å². The topological polar surface area (TPSA) is 71.1 Å². The lowest BCUT2D eigenvalue weighted by atomic mass is 10.2. The van der Waals surface area contributed by atoms with Crippen LogP contribution in [0.3, 0.4) is 0 Å². The van der Waals surface area contributed by atoms with E-state index >= 15 is 0 Å². The third kappa shape index (κ3) is 5.57. The molecule has 1 heterocycles. The van der Waals surface area contributed by atoms with Crippen molar-refractivity contribution in [2.75, 3.05) is 13.2 Å². The molecule has 0 spiro atoms. The first-order valence-corrected chi connectivity index (χ1v) is 9.39. The van der Waals surface area contributed by atoms with E-state index < -0.39 is 11.9 Å². The molecular formula is C22H24O6. The maximum Gasteiger partial charge on any atom is 0.343 e. The van der Waals surface area contributed by atoms with E-state index in [1.165, 1.54) is 6.07 Å². The number of carbonyl (C=O) groups excluding carboxylic acids is 2. The first-order chi connectivity index (χ1) is 13.5. The molecule has 0 aliphatic carbocycles. The molecule has 0 N–H and O–H groups in total. The van der Waals surface area contributed by atoms with Crippen molar-refractivity contribution < 1.29 is 28.5 Å². The van der Waals surface area contributed by atoms with Gasteiger partial charge in [0.2, 0.25) is 0 Å². The van der Waals surface area contributed by atoms with E-state index in [4.69, 9.17) is 18.9 Å². The average molecular weight is 384 g/mol. The highest BCUT2D eigenvalue weighted by Crippen LogP contribution is 2.20. The summed E-state index contributed by atoms with van der Waals surface area (Å²) in [7, 11) is 0. The zero-order valence-corrected chi connectivity index (χ0v) is 16.1. The van der Waals surface area contributed by atoms with Crippen molar-refractivity contribution >= 4 is 11.9 Å². The minimum atomic E-state index is -0.529. The molecule has 0 amide bonds. The fourth-order valence-electron chi connectivity index (χ4n) is 2.85. The zero-order chi connectivity index (χ0) is 19.9. The molecule has 0 aromatic heterocycles. The van der Waals surface area contributed by atoms with Gasteiger partial charge in [-0.1, -0.05) is 12.1 Å². The van der Waals surface area contributed by atoms with Gasteiger partial charge in [-0.3, -0.25) is 0 Å². The Balaban J connectivity index is 1.62. The van der Waals surface area contributed by atoms with Crippen molar-refractivity contribution in [3.05, 3.63) is 59.7 Å². The molecule has 0 bridgehead atoms. The molecule has 0 radical (unpaired) electrons. The van der Waals surface area contributed by atoms with Crippen molar-refractivity contribution in [3.63, 3.8) is 0 Å². The van der Waals surface area contributed by atoms with Crippen molar-refractivity contribution in [2.45, 2.75) is 38.9 Å². The average Bonchev–Trinajstić information content (AvgIpc) is 3.19. The second-order valence-corrected chi connectivity index (χ2v) is 6.85. The lowest BCUT2D eigenvalue weighted by Gasteiger charge is -2.12. The first kappa shape index (κ1) is 19.9. The number of rotatable bonds is 7. The second kappa shape index (κ2) is 9.37. The van der Waals surface area contributed by atoms with Gasteiger partial charge < -0.3 is 18.9 Å². The van der Waals surface area contributed by atoms with Crippen LogP contribution in [0.4, 0.5) is 0 Å². The maximum absolute atomic E-state index is 12.4. The van der Waals surface area contributed by atoms with Gasteiger partial charge in [0.05, 0.1) is 23.3 Å². The van der Waals surface area contributed by atoms with Crippen LogP contribution in [-0.2, 0) is 9.47 Å². The minimum Gasteiger partial charge on any atom is -0.491 e. The second-order valence-electron chi connectivity index (χ2n) is 6.85. The predicted molar refractivity (Wildman–Crippen MR) is 103 cm³/mol. The summed E-state index contributed by atoms with van der Waals surface area (Å²) in [4.78, 5) is 24.6. The van der Waals surface area contributed by atoms with E-state index in [1.807, 2.05) is 13.8 Å². The Kier molecular flexibility index (Phi) is 6.66. The van der Waals surface area contributed by atoms with Crippen molar-refractivity contribution in [2.24, 2.45) is 0 Å². The van der Waals surface area contributed by atoms with E-state index in [0.717, 1.165) is 12.8 Å². The Morgan fingerprint density at radius 1 is 1.04 bits per heavy atom. The summed E-state index contributed by atoms with van der Waals surface area (Å²) in [6, 6.07) is 13.1. The van der Waals surface area contributed by atoms with Crippen LogP contribution < -0.4 is 9.47 Å². The molecule has 0 saturated carbocycles. The van der Waals surface area contributed by atoms with Crippen LogP contribution in [0.15, 0.2) is 48.5 Å². The van der Waals surface area contributed by atoms with E-state index in [-0.39, 0.29) is 24.6 Å². The molecule has 2 aromatic carbocycles. The Bertz CT molecular complexity index is 823. The van der Waals surface area contributed by atoms with Gasteiger partial charge in [0, 0.05) is 6.61 Å². The lowest BCUT2D eigenvalue weighted by Crippen LogP contribution is -2.18. The van der Waals surface area contributed by atoms with Crippen molar-refractivity contribution in [1.29, 1.82) is 0 Å². The largest absolute Gasteiger partial charge is 0.491 e. The first-order valence-electron chi connectivity index (χ1n) is 9.39. The standard InChI is InChI=1S/C22H24O6/c1-15(2)27-18-8-4-7-17(13-18)22(24)28-19-9-3-6-16(12-19)21(23)26-14-20-10-5-11-25-20/h3-4,6-9,12-13,15,20H,5,10-11,14H2,1-2H3. The third-order valence-electron chi connectivity index (χ3n) is 4.15. The molecule has 1 aliphatic rings. The van der Waals surface area contributed by atoms with Crippen LogP contribution in [0.1, 0.15) is 47.4 Å². The molecule has 1 fully saturated rings. The molecule has 1 aliphatic heterocycles. The maximum atomic E-state index is 12.4. The highest BCUT2D eigenvalue weighted by molar-refractivity contribution is 5.93. The summed E-state index contributed by atoms with van der Waals surface area (Å²) >= 11 is 0. The van der Waals surface area contributed by atoms with Crippen LogP contribution in [0.2, 0.25) is 0 Å². The number of carbonyl (C=O) groups is 2. The summed E-state index contributed by atoms with van der Waals surface area (Å²) in [5, 5.41) is 0. The molecule has 1 atom stereocenters. The van der Waals surface area contributed by atoms with Gasteiger partial charge >= 0.3 is 11.9 Å². The van der Waals surface area contributed by atoms with E-state index in [1.54, 1.807) is 42.5 Å². The molecule has 2 aromatic rings. The van der Waals surface area contributed by atoms with E-state index in [2.05, 4.69) is 0 Å². The van der Waals surface area contributed by atoms with Crippen LogP contribution in [0.25, 0.3) is 0 Å². The highest BCUT2D eigenvalue weighted by atomic mass is 16.6. The monoisotopic (exact) mass is 384 g/mol. The number of hydrogen-bond donors (Lipinski definition) is 0. The van der Waals surface area contributed by atoms with E-state index in [9.17, 15) is 9.59 Å². The SMILES string of the molecule is CC(C)Oc1cccc(C(=O)Oc2cccc(C(=O)OCC3CCCO3)c2)c1. The smallest absolute Gasteiger partial charge is 0.343 e. The summed E-state index contributed by atoms with van der Waals surface area (Å²) in [6.07, 6.45) is 1.84. The number of esters is 2. The molecular weight excluding hydrogens is 360 g/mol. The summed E-state index contributed by atoms with van der Waals surface area (Å²) in [6.45, 7) is 4.76. The molecule has 1 unspecified atom stereocenters. The molecule has 148 valence electrons. The summed E-state index contributed by atoms with van der Waals surface area (Å²) < 4.78 is 21.7. The fourth-order valence-corrected chi connectivity index (χ4v) is 2.85. The van der Waals surface area contributed by atoms with Gasteiger partial charge in [-0.05, 0) is 63.1 Å². The minimum absolute atomic E-state index is 0.00333. The van der Waals surface area contributed by atoms with Gasteiger partial charge in [0.25, 0.3) is 0 Å². The van der Waals surface area contributed by atoms with Gasteiger partial charge in [-0.15, -0.1) is 0 Å². The van der Waals surface area contributed by atoms with Crippen LogP contribution in [-0.4, -0.2) is 37.4 Å². The highest BCUT2D eigenvalue weighted by Gasteiger charge is 2.19. The summed E-state index contributed by atoms with van der Waals surface area (Å²) in [5.41, 5.74) is 0.685. The molecule has 6 heteroatoms. The van der Waals surface area contributed by atoms with Gasteiger partial charge in [-0.2, -0.15) is 0 Å². The Morgan fingerprint density at radius 3 is 2.39 bits per heavy atom. The van der Waals surface area contributed by atoms with Crippen molar-refractivity contribution in [3.8, 4) is 11.5 Å². The quantitative estimate of drug-likeness (QED) is 0.530. The molecule has 6 nitrogen and oxygen atoms in total. The number of benzene rings is 2. The van der Waals surface area contributed by atoms with E-state index in [0.29, 0.717) is 23.5 Å². The van der Waals surface area contributed by atoms with Crippen LogP contribution in [0.5, 0.6) is 11.5 Å². The van der Waals surface area contributed by atoms with Crippen LogP contribution >= 0.6 is 0 Å². The molecule has 28 heavy (non-hydrogen) atoms. The summed E-state index contributed by atoms with van der Waals surface area (Å²) in [5.74, 6) is -0.137. The molecule has 1 saturated heterocycles. The van der Waals surface area contributed by atoms with Crippen molar-refractivity contribution in [1.82, 2.24) is 0 Å². The lowest BCUT2D eigenvalue weighted by molar-refractivity contribution is 0.0161.